The van der Waals surface area contributed by atoms with Crippen molar-refractivity contribution >= 4 is 17.7 Å². The van der Waals surface area contributed by atoms with Crippen LogP contribution in [0.15, 0.2) is 18.3 Å². The molecule has 0 unspecified atom stereocenters. The van der Waals surface area contributed by atoms with Crippen molar-refractivity contribution in [3.05, 3.63) is 34.6 Å². The van der Waals surface area contributed by atoms with Crippen LogP contribution in [0.3, 0.4) is 0 Å². The summed E-state index contributed by atoms with van der Waals surface area (Å²) in [5, 5.41) is 8.44. The van der Waals surface area contributed by atoms with Gasteiger partial charge in [-0.2, -0.15) is 13.2 Å². The number of nitrogens with zero attached hydrogens (tertiary/aromatic N) is 1. The zero-order chi connectivity index (χ0) is 11.5. The van der Waals surface area contributed by atoms with Gasteiger partial charge in [-0.15, -0.1) is 0 Å². The lowest BCUT2D eigenvalue weighted by molar-refractivity contribution is -0.137. The Morgan fingerprint density at radius 3 is 2.67 bits per heavy atom. The summed E-state index contributed by atoms with van der Waals surface area (Å²) in [6, 6.07) is 0.876. The van der Waals surface area contributed by atoms with E-state index >= 15 is 0 Å². The molecule has 1 rings (SSSR count). The molecule has 1 heterocycles. The summed E-state index contributed by atoms with van der Waals surface area (Å²) in [6.07, 6.45) is -1.22. The first-order valence-electron chi connectivity index (χ1n) is 3.95. The van der Waals surface area contributed by atoms with Crippen molar-refractivity contribution in [2.75, 3.05) is 6.61 Å². The molecule has 0 saturated carbocycles. The van der Waals surface area contributed by atoms with E-state index in [1.807, 2.05) is 0 Å². The Balaban J connectivity index is 3.11. The highest BCUT2D eigenvalue weighted by Crippen LogP contribution is 2.30. The molecule has 0 bridgehead atoms. The van der Waals surface area contributed by atoms with E-state index < -0.39 is 11.7 Å². The molecule has 0 aliphatic carbocycles. The Bertz CT molecular complexity index is 376. The lowest BCUT2D eigenvalue weighted by atomic mass is 10.2. The zero-order valence-electron chi connectivity index (χ0n) is 7.42. The van der Waals surface area contributed by atoms with Gasteiger partial charge in [0.25, 0.3) is 0 Å². The van der Waals surface area contributed by atoms with Gasteiger partial charge >= 0.3 is 6.18 Å². The molecule has 0 radical (unpaired) electrons. The third-order valence-electron chi connectivity index (χ3n) is 1.60. The van der Waals surface area contributed by atoms with Gasteiger partial charge in [0.1, 0.15) is 5.15 Å². The van der Waals surface area contributed by atoms with Crippen molar-refractivity contribution in [2.45, 2.75) is 6.18 Å². The monoisotopic (exact) mass is 237 g/mol. The van der Waals surface area contributed by atoms with E-state index in [-0.39, 0.29) is 17.3 Å². The van der Waals surface area contributed by atoms with Crippen LogP contribution in [0.1, 0.15) is 11.1 Å². The molecule has 1 aromatic rings. The molecule has 82 valence electrons. The molecular weight excluding hydrogens is 231 g/mol. The summed E-state index contributed by atoms with van der Waals surface area (Å²) >= 11 is 5.57. The largest absolute Gasteiger partial charge is 0.417 e. The van der Waals surface area contributed by atoms with Crippen LogP contribution in [0.2, 0.25) is 5.15 Å². The van der Waals surface area contributed by atoms with E-state index in [9.17, 15) is 13.2 Å². The van der Waals surface area contributed by atoms with Crippen LogP contribution in [0.5, 0.6) is 0 Å². The van der Waals surface area contributed by atoms with Gasteiger partial charge in [-0.25, -0.2) is 4.98 Å². The number of halogens is 4. The van der Waals surface area contributed by atoms with Crippen LogP contribution in [0.25, 0.3) is 6.08 Å². The Morgan fingerprint density at radius 1 is 1.47 bits per heavy atom. The van der Waals surface area contributed by atoms with E-state index in [1.165, 1.54) is 12.2 Å². The maximum Gasteiger partial charge on any atom is 0.417 e. The molecule has 1 N–H and O–H groups in total. The van der Waals surface area contributed by atoms with Gasteiger partial charge in [0.2, 0.25) is 0 Å². The third-order valence-corrected chi connectivity index (χ3v) is 1.91. The number of hydrogen-bond acceptors (Lipinski definition) is 2. The average molecular weight is 238 g/mol. The molecule has 0 atom stereocenters. The molecule has 0 aliphatic rings. The minimum atomic E-state index is -4.45. The number of alkyl halides is 3. The van der Waals surface area contributed by atoms with Crippen LogP contribution in [0, 0.1) is 0 Å². The minimum Gasteiger partial charge on any atom is -0.392 e. The van der Waals surface area contributed by atoms with E-state index in [1.54, 1.807) is 0 Å². The SMILES string of the molecule is OCC=Cc1cc(C(F)(F)F)cnc1Cl. The highest BCUT2D eigenvalue weighted by Gasteiger charge is 2.31. The molecule has 0 saturated heterocycles. The number of rotatable bonds is 2. The van der Waals surface area contributed by atoms with E-state index in [0.717, 1.165) is 6.07 Å². The van der Waals surface area contributed by atoms with Gasteiger partial charge in [0.05, 0.1) is 12.2 Å². The number of aromatic nitrogens is 1. The van der Waals surface area contributed by atoms with E-state index in [4.69, 9.17) is 16.7 Å². The smallest absolute Gasteiger partial charge is 0.392 e. The average Bonchev–Trinajstić information content (AvgIpc) is 2.15. The van der Waals surface area contributed by atoms with Gasteiger partial charge in [-0.3, -0.25) is 0 Å². The first-order valence-corrected chi connectivity index (χ1v) is 4.33. The van der Waals surface area contributed by atoms with E-state index in [2.05, 4.69) is 4.98 Å². The normalized spacial score (nSPS) is 12.3. The van der Waals surface area contributed by atoms with Crippen LogP contribution in [-0.4, -0.2) is 16.7 Å². The van der Waals surface area contributed by atoms with Gasteiger partial charge in [-0.1, -0.05) is 23.8 Å². The topological polar surface area (TPSA) is 33.1 Å². The fraction of sp³-hybridized carbons (Fsp3) is 0.222. The molecule has 2 nitrogen and oxygen atoms in total. The summed E-state index contributed by atoms with van der Waals surface area (Å²) < 4.78 is 36.8. The van der Waals surface area contributed by atoms with Crippen molar-refractivity contribution in [3.8, 4) is 0 Å². The molecule has 15 heavy (non-hydrogen) atoms. The Hall–Kier alpha value is -1.07. The first-order chi connectivity index (χ1) is 6.95. The van der Waals surface area contributed by atoms with Crippen molar-refractivity contribution in [2.24, 2.45) is 0 Å². The summed E-state index contributed by atoms with van der Waals surface area (Å²) in [4.78, 5) is 3.41. The number of aliphatic hydroxyl groups is 1. The summed E-state index contributed by atoms with van der Waals surface area (Å²) in [7, 11) is 0. The molecule has 6 heteroatoms. The fourth-order valence-electron chi connectivity index (χ4n) is 0.917. The second-order valence-electron chi connectivity index (χ2n) is 2.69. The van der Waals surface area contributed by atoms with Crippen LogP contribution in [0.4, 0.5) is 13.2 Å². The number of pyridine rings is 1. The van der Waals surface area contributed by atoms with Crippen molar-refractivity contribution in [3.63, 3.8) is 0 Å². The fourth-order valence-corrected chi connectivity index (χ4v) is 1.08. The number of hydrogen-bond donors (Lipinski definition) is 1. The predicted molar refractivity (Wildman–Crippen MR) is 50.4 cm³/mol. The van der Waals surface area contributed by atoms with Crippen LogP contribution >= 0.6 is 11.6 Å². The molecule has 0 spiro atoms. The van der Waals surface area contributed by atoms with Gasteiger partial charge in [0, 0.05) is 11.8 Å². The summed E-state index contributed by atoms with van der Waals surface area (Å²) in [5.74, 6) is 0. The predicted octanol–water partition coefficient (Wildman–Crippen LogP) is 2.76. The lowest BCUT2D eigenvalue weighted by Gasteiger charge is -2.07. The van der Waals surface area contributed by atoms with Gasteiger partial charge < -0.3 is 5.11 Å². The lowest BCUT2D eigenvalue weighted by Crippen LogP contribution is -2.05. The Labute approximate surface area is 89.0 Å². The highest BCUT2D eigenvalue weighted by atomic mass is 35.5. The maximum atomic E-state index is 12.3. The quantitative estimate of drug-likeness (QED) is 0.803. The van der Waals surface area contributed by atoms with Crippen LogP contribution in [-0.2, 0) is 6.18 Å². The molecule has 0 amide bonds. The second-order valence-corrected chi connectivity index (χ2v) is 3.04. The highest BCUT2D eigenvalue weighted by molar-refractivity contribution is 6.30. The number of aliphatic hydroxyl groups excluding tert-OH is 1. The first kappa shape index (κ1) is 12.0. The van der Waals surface area contributed by atoms with Crippen molar-refractivity contribution in [1.82, 2.24) is 4.98 Å². The molecule has 0 aromatic carbocycles. The second kappa shape index (κ2) is 4.63. The third kappa shape index (κ3) is 3.21. The van der Waals surface area contributed by atoms with Crippen molar-refractivity contribution in [1.29, 1.82) is 0 Å². The van der Waals surface area contributed by atoms with Crippen LogP contribution < -0.4 is 0 Å². The minimum absolute atomic E-state index is 0.0345. The summed E-state index contributed by atoms with van der Waals surface area (Å²) in [6.45, 7) is -0.271. The van der Waals surface area contributed by atoms with Gasteiger partial charge in [-0.05, 0) is 6.07 Å². The molecule has 0 fully saturated rings. The molecule has 1 aromatic heterocycles. The maximum absolute atomic E-state index is 12.3. The Morgan fingerprint density at radius 2 is 2.13 bits per heavy atom. The summed E-state index contributed by atoms with van der Waals surface area (Å²) in [5.41, 5.74) is -0.745. The molecular formula is C9H7ClF3NO. The Kier molecular flexibility index (Phi) is 3.71. The molecule has 0 aliphatic heterocycles. The zero-order valence-corrected chi connectivity index (χ0v) is 8.18. The van der Waals surface area contributed by atoms with Crippen molar-refractivity contribution < 1.29 is 18.3 Å². The van der Waals surface area contributed by atoms with E-state index in [0.29, 0.717) is 6.20 Å². The standard InChI is InChI=1S/C9H7ClF3NO/c10-8-6(2-1-3-15)4-7(5-14-8)9(11,12)13/h1-2,4-5,15H,3H2. The van der Waals surface area contributed by atoms with Gasteiger partial charge in [0.15, 0.2) is 0 Å².